The Morgan fingerprint density at radius 3 is 2.52 bits per heavy atom. The Balaban J connectivity index is 1.08. The Morgan fingerprint density at radius 2 is 1.68 bits per heavy atom. The van der Waals surface area contributed by atoms with Crippen LogP contribution in [0.25, 0.3) is 17.0 Å². The van der Waals surface area contributed by atoms with Gasteiger partial charge in [0.25, 0.3) is 0 Å². The molecule has 0 amide bonds. The van der Waals surface area contributed by atoms with Gasteiger partial charge in [-0.3, -0.25) is 4.90 Å². The van der Waals surface area contributed by atoms with Gasteiger partial charge in [-0.25, -0.2) is 4.98 Å². The molecule has 0 N–H and O–H groups in total. The molecule has 1 saturated heterocycles. The molecule has 160 valence electrons. The summed E-state index contributed by atoms with van der Waals surface area (Å²) in [5.41, 5.74) is 4.46. The number of fused-ring (bicyclic) bond motifs is 1. The Hall–Kier alpha value is -3.03. The summed E-state index contributed by atoms with van der Waals surface area (Å²) in [6.45, 7) is 8.47. The lowest BCUT2D eigenvalue weighted by Crippen LogP contribution is -2.46. The molecule has 1 aliphatic rings. The van der Waals surface area contributed by atoms with Crippen LogP contribution in [-0.4, -0.2) is 62.0 Å². The number of aromatic nitrogens is 4. The lowest BCUT2D eigenvalue weighted by molar-refractivity contribution is 0.124. The average molecular weight is 417 g/mol. The van der Waals surface area contributed by atoms with Gasteiger partial charge >= 0.3 is 0 Å². The van der Waals surface area contributed by atoms with E-state index < -0.39 is 0 Å². The zero-order valence-corrected chi connectivity index (χ0v) is 17.9. The number of aryl methyl sites for hydroxylation is 2. The van der Waals surface area contributed by atoms with Crippen LogP contribution in [0, 0.1) is 6.92 Å². The highest BCUT2D eigenvalue weighted by atomic mass is 16.5. The lowest BCUT2D eigenvalue weighted by Gasteiger charge is -2.34. The quantitative estimate of drug-likeness (QED) is 0.460. The van der Waals surface area contributed by atoms with Crippen LogP contribution in [0.2, 0.25) is 0 Å². The van der Waals surface area contributed by atoms with E-state index >= 15 is 0 Å². The normalized spacial score (nSPS) is 15.6. The van der Waals surface area contributed by atoms with Gasteiger partial charge in [0.15, 0.2) is 0 Å². The van der Waals surface area contributed by atoms with Crippen LogP contribution in [0.4, 0.5) is 0 Å². The van der Waals surface area contributed by atoms with Gasteiger partial charge in [0, 0.05) is 50.9 Å². The summed E-state index contributed by atoms with van der Waals surface area (Å²) in [6, 6.07) is 16.2. The summed E-state index contributed by atoms with van der Waals surface area (Å²) in [4.78, 5) is 14.3. The highest BCUT2D eigenvalue weighted by molar-refractivity contribution is 5.53. The van der Waals surface area contributed by atoms with E-state index in [0.29, 0.717) is 5.82 Å². The fourth-order valence-electron chi connectivity index (χ4n) is 4.25. The second kappa shape index (κ2) is 8.99. The molecule has 31 heavy (non-hydrogen) atoms. The van der Waals surface area contributed by atoms with E-state index in [1.807, 2.05) is 36.4 Å². The first-order chi connectivity index (χ1) is 15.3. The molecular formula is C24H28N6O. The standard InChI is InChI=1S/C24H28N6O/c1-19-21(30-13-6-5-10-22(30)25-19)18-29-16-14-28(15-17-29)12-7-11-23-26-24(27-31-23)20-8-3-2-4-9-20/h2-6,8-10,13H,7,11-12,14-18H2,1H3. The first kappa shape index (κ1) is 19.9. The second-order valence-corrected chi connectivity index (χ2v) is 8.17. The molecule has 0 saturated carbocycles. The van der Waals surface area contributed by atoms with Crippen LogP contribution in [0.1, 0.15) is 23.7 Å². The number of piperazine rings is 1. The van der Waals surface area contributed by atoms with Crippen molar-refractivity contribution in [2.75, 3.05) is 32.7 Å². The third kappa shape index (κ3) is 4.52. The number of rotatable bonds is 7. The Morgan fingerprint density at radius 1 is 0.903 bits per heavy atom. The van der Waals surface area contributed by atoms with Crippen LogP contribution in [0.3, 0.4) is 0 Å². The summed E-state index contributed by atoms with van der Waals surface area (Å²) < 4.78 is 7.65. The zero-order chi connectivity index (χ0) is 21.0. The van der Waals surface area contributed by atoms with Gasteiger partial charge < -0.3 is 13.8 Å². The van der Waals surface area contributed by atoms with Gasteiger partial charge in [-0.15, -0.1) is 0 Å². The third-order valence-electron chi connectivity index (χ3n) is 6.03. The van der Waals surface area contributed by atoms with E-state index in [1.54, 1.807) is 0 Å². The van der Waals surface area contributed by atoms with Crippen LogP contribution in [0.5, 0.6) is 0 Å². The summed E-state index contributed by atoms with van der Waals surface area (Å²) in [6.07, 6.45) is 3.96. The van der Waals surface area contributed by atoms with Gasteiger partial charge in [-0.1, -0.05) is 41.6 Å². The summed E-state index contributed by atoms with van der Waals surface area (Å²) in [7, 11) is 0. The fraction of sp³-hybridized carbons (Fsp3) is 0.375. The molecule has 3 aromatic heterocycles. The van der Waals surface area contributed by atoms with Crippen molar-refractivity contribution in [3.8, 4) is 11.4 Å². The number of hydrogen-bond acceptors (Lipinski definition) is 6. The molecule has 0 spiro atoms. The summed E-state index contributed by atoms with van der Waals surface area (Å²) in [5, 5.41) is 4.11. The van der Waals surface area contributed by atoms with Crippen LogP contribution >= 0.6 is 0 Å². The van der Waals surface area contributed by atoms with Crippen molar-refractivity contribution in [3.63, 3.8) is 0 Å². The minimum absolute atomic E-state index is 0.673. The van der Waals surface area contributed by atoms with E-state index in [2.05, 4.69) is 54.6 Å². The van der Waals surface area contributed by atoms with Crippen LogP contribution < -0.4 is 0 Å². The minimum Gasteiger partial charge on any atom is -0.339 e. The Labute approximate surface area is 182 Å². The minimum atomic E-state index is 0.673. The number of imidazole rings is 1. The maximum atomic E-state index is 5.43. The van der Waals surface area contributed by atoms with E-state index in [0.717, 1.165) is 74.9 Å². The van der Waals surface area contributed by atoms with Crippen LogP contribution in [0.15, 0.2) is 59.3 Å². The molecule has 7 heteroatoms. The van der Waals surface area contributed by atoms with Gasteiger partial charge in [-0.05, 0) is 32.0 Å². The number of benzene rings is 1. The van der Waals surface area contributed by atoms with Crippen molar-refractivity contribution in [2.45, 2.75) is 26.3 Å². The second-order valence-electron chi connectivity index (χ2n) is 8.17. The molecule has 0 aliphatic carbocycles. The maximum absolute atomic E-state index is 5.43. The van der Waals surface area contributed by atoms with Gasteiger partial charge in [-0.2, -0.15) is 4.98 Å². The SMILES string of the molecule is Cc1nc2ccccn2c1CN1CCN(CCCc2nc(-c3ccccc3)no2)CC1. The molecule has 0 atom stereocenters. The van der Waals surface area contributed by atoms with Crippen molar-refractivity contribution >= 4 is 5.65 Å². The van der Waals surface area contributed by atoms with Crippen LogP contribution in [-0.2, 0) is 13.0 Å². The van der Waals surface area contributed by atoms with Crippen molar-refractivity contribution in [1.29, 1.82) is 0 Å². The summed E-state index contributed by atoms with van der Waals surface area (Å²) >= 11 is 0. The Kier molecular flexibility index (Phi) is 5.78. The zero-order valence-electron chi connectivity index (χ0n) is 17.9. The first-order valence-corrected chi connectivity index (χ1v) is 11.0. The average Bonchev–Trinajstić information content (AvgIpc) is 3.40. The molecule has 4 heterocycles. The van der Waals surface area contributed by atoms with Crippen molar-refractivity contribution in [2.24, 2.45) is 0 Å². The fourth-order valence-corrected chi connectivity index (χ4v) is 4.25. The molecule has 1 fully saturated rings. The van der Waals surface area contributed by atoms with Crippen molar-refractivity contribution in [1.82, 2.24) is 29.3 Å². The highest BCUT2D eigenvalue weighted by Crippen LogP contribution is 2.17. The first-order valence-electron chi connectivity index (χ1n) is 11.0. The van der Waals surface area contributed by atoms with E-state index in [1.165, 1.54) is 5.69 Å². The Bertz CT molecular complexity index is 1130. The molecule has 5 rings (SSSR count). The van der Waals surface area contributed by atoms with Crippen molar-refractivity contribution < 1.29 is 4.52 Å². The number of hydrogen-bond donors (Lipinski definition) is 0. The molecule has 1 aromatic carbocycles. The van der Waals surface area contributed by atoms with E-state index in [-0.39, 0.29) is 0 Å². The number of nitrogens with zero attached hydrogens (tertiary/aromatic N) is 6. The van der Waals surface area contributed by atoms with E-state index in [9.17, 15) is 0 Å². The predicted octanol–water partition coefficient (Wildman–Crippen LogP) is 3.44. The molecule has 7 nitrogen and oxygen atoms in total. The molecule has 0 radical (unpaired) electrons. The topological polar surface area (TPSA) is 62.7 Å². The molecule has 1 aliphatic heterocycles. The lowest BCUT2D eigenvalue weighted by atomic mass is 10.2. The smallest absolute Gasteiger partial charge is 0.227 e. The summed E-state index contributed by atoms with van der Waals surface area (Å²) in [5.74, 6) is 1.40. The predicted molar refractivity (Wildman–Crippen MR) is 120 cm³/mol. The van der Waals surface area contributed by atoms with Gasteiger partial charge in [0.05, 0.1) is 11.4 Å². The molecular weight excluding hydrogens is 388 g/mol. The molecule has 4 aromatic rings. The molecule has 0 bridgehead atoms. The largest absolute Gasteiger partial charge is 0.339 e. The highest BCUT2D eigenvalue weighted by Gasteiger charge is 2.19. The monoisotopic (exact) mass is 416 g/mol. The van der Waals surface area contributed by atoms with E-state index in [4.69, 9.17) is 4.52 Å². The third-order valence-corrected chi connectivity index (χ3v) is 6.03. The van der Waals surface area contributed by atoms with Gasteiger partial charge in [0.2, 0.25) is 11.7 Å². The van der Waals surface area contributed by atoms with Gasteiger partial charge in [0.1, 0.15) is 5.65 Å². The number of pyridine rings is 1. The van der Waals surface area contributed by atoms with Crippen molar-refractivity contribution in [3.05, 3.63) is 72.0 Å². The maximum Gasteiger partial charge on any atom is 0.227 e. The molecule has 0 unspecified atom stereocenters.